The zero-order chi connectivity index (χ0) is 14.2. The van der Waals surface area contributed by atoms with Crippen LogP contribution in [-0.2, 0) is 4.74 Å². The second-order valence-corrected chi connectivity index (χ2v) is 6.66. The third-order valence-electron chi connectivity index (χ3n) is 4.94. The Balaban J connectivity index is 1.72. The molecule has 3 rings (SSSR count). The van der Waals surface area contributed by atoms with E-state index in [0.29, 0.717) is 17.6 Å². The first-order valence-electron chi connectivity index (χ1n) is 7.41. The number of rotatable bonds is 5. The molecule has 1 spiro atoms. The molecule has 0 aliphatic heterocycles. The molecule has 0 radical (unpaired) electrons. The maximum atomic E-state index is 5.90. The van der Waals surface area contributed by atoms with Gasteiger partial charge in [0.15, 0.2) is 0 Å². The van der Waals surface area contributed by atoms with E-state index < -0.39 is 0 Å². The molecule has 1 aromatic carbocycles. The average Bonchev–Trinajstić information content (AvgIpc) is 2.37. The van der Waals surface area contributed by atoms with Crippen LogP contribution in [0.15, 0.2) is 22.7 Å². The van der Waals surface area contributed by atoms with Crippen LogP contribution in [0.3, 0.4) is 0 Å². The number of ether oxygens (including phenoxy) is 2. The number of methoxy groups -OCH3 is 1. The minimum absolute atomic E-state index is 0.374. The van der Waals surface area contributed by atoms with E-state index in [0.717, 1.165) is 28.9 Å². The van der Waals surface area contributed by atoms with Crippen LogP contribution < -0.4 is 10.1 Å². The van der Waals surface area contributed by atoms with Gasteiger partial charge in [-0.3, -0.25) is 0 Å². The molecular weight excluding hydrogens is 318 g/mol. The minimum atomic E-state index is 0.374. The Morgan fingerprint density at radius 2 is 2.20 bits per heavy atom. The predicted molar refractivity (Wildman–Crippen MR) is 84.4 cm³/mol. The van der Waals surface area contributed by atoms with Crippen LogP contribution in [0.1, 0.15) is 32.6 Å². The van der Waals surface area contributed by atoms with Gasteiger partial charge < -0.3 is 14.8 Å². The van der Waals surface area contributed by atoms with Crippen molar-refractivity contribution in [1.82, 2.24) is 0 Å². The summed E-state index contributed by atoms with van der Waals surface area (Å²) in [6.07, 6.45) is 5.47. The molecule has 0 bridgehead atoms. The summed E-state index contributed by atoms with van der Waals surface area (Å²) in [4.78, 5) is 0. The second-order valence-electron chi connectivity index (χ2n) is 5.81. The van der Waals surface area contributed by atoms with Crippen molar-refractivity contribution >= 4 is 21.6 Å². The highest BCUT2D eigenvalue weighted by atomic mass is 79.9. The molecule has 0 saturated heterocycles. The first-order chi connectivity index (χ1) is 9.69. The highest BCUT2D eigenvalue weighted by Crippen LogP contribution is 2.58. The molecule has 2 atom stereocenters. The van der Waals surface area contributed by atoms with Crippen molar-refractivity contribution in [2.75, 3.05) is 19.0 Å². The maximum Gasteiger partial charge on any atom is 0.121 e. The Labute approximate surface area is 129 Å². The third-order valence-corrected chi connectivity index (χ3v) is 5.63. The maximum absolute atomic E-state index is 5.90. The van der Waals surface area contributed by atoms with Crippen molar-refractivity contribution in [1.29, 1.82) is 0 Å². The number of anilines is 1. The van der Waals surface area contributed by atoms with Crippen molar-refractivity contribution in [3.05, 3.63) is 22.7 Å². The molecule has 1 aromatic rings. The second kappa shape index (κ2) is 5.57. The van der Waals surface area contributed by atoms with E-state index in [1.165, 1.54) is 19.3 Å². The highest BCUT2D eigenvalue weighted by Gasteiger charge is 2.58. The van der Waals surface area contributed by atoms with E-state index in [1.54, 1.807) is 7.11 Å². The van der Waals surface area contributed by atoms with Crippen molar-refractivity contribution < 1.29 is 9.47 Å². The fraction of sp³-hybridized carbons (Fsp3) is 0.625. The molecule has 0 amide bonds. The summed E-state index contributed by atoms with van der Waals surface area (Å²) in [5.74, 6) is 0.888. The molecule has 2 fully saturated rings. The van der Waals surface area contributed by atoms with Gasteiger partial charge >= 0.3 is 0 Å². The van der Waals surface area contributed by atoms with Gasteiger partial charge in [0.25, 0.3) is 0 Å². The fourth-order valence-corrected chi connectivity index (χ4v) is 3.93. The lowest BCUT2D eigenvalue weighted by Crippen LogP contribution is -2.64. The van der Waals surface area contributed by atoms with Gasteiger partial charge in [-0.25, -0.2) is 0 Å². The highest BCUT2D eigenvalue weighted by molar-refractivity contribution is 9.10. The van der Waals surface area contributed by atoms with Crippen LogP contribution in [0.4, 0.5) is 5.69 Å². The first-order valence-corrected chi connectivity index (χ1v) is 8.20. The lowest BCUT2D eigenvalue weighted by Gasteiger charge is -2.61. The molecule has 0 aromatic heterocycles. The molecule has 20 heavy (non-hydrogen) atoms. The SMILES string of the molecule is CCOC1CC(Nc2cc(OC)ccc2Br)C12CCC2. The van der Waals surface area contributed by atoms with Gasteiger partial charge in [-0.1, -0.05) is 6.42 Å². The number of halogens is 1. The lowest BCUT2D eigenvalue weighted by molar-refractivity contribution is -0.157. The Morgan fingerprint density at radius 3 is 2.80 bits per heavy atom. The van der Waals surface area contributed by atoms with Crippen molar-refractivity contribution in [3.8, 4) is 5.75 Å². The molecule has 0 heterocycles. The normalized spacial score (nSPS) is 26.8. The van der Waals surface area contributed by atoms with E-state index in [1.807, 2.05) is 12.1 Å². The molecule has 1 N–H and O–H groups in total. The average molecular weight is 340 g/mol. The van der Waals surface area contributed by atoms with Crippen molar-refractivity contribution in [3.63, 3.8) is 0 Å². The fourth-order valence-electron chi connectivity index (χ4n) is 3.57. The van der Waals surface area contributed by atoms with Gasteiger partial charge in [0.1, 0.15) is 5.75 Å². The van der Waals surface area contributed by atoms with Gasteiger partial charge in [0.05, 0.1) is 18.9 Å². The Kier molecular flexibility index (Phi) is 3.95. The van der Waals surface area contributed by atoms with Gasteiger partial charge in [0, 0.05) is 28.6 Å². The zero-order valence-corrected chi connectivity index (χ0v) is 13.7. The van der Waals surface area contributed by atoms with Crippen molar-refractivity contribution in [2.45, 2.75) is 44.8 Å². The van der Waals surface area contributed by atoms with Crippen LogP contribution in [-0.4, -0.2) is 25.9 Å². The number of benzene rings is 1. The van der Waals surface area contributed by atoms with E-state index in [4.69, 9.17) is 9.47 Å². The van der Waals surface area contributed by atoms with Crippen LogP contribution in [0.2, 0.25) is 0 Å². The lowest BCUT2D eigenvalue weighted by atomic mass is 9.51. The molecular formula is C16H22BrNO2. The molecule has 2 saturated carbocycles. The smallest absolute Gasteiger partial charge is 0.121 e. The first kappa shape index (κ1) is 14.2. The molecule has 2 unspecified atom stereocenters. The summed E-state index contributed by atoms with van der Waals surface area (Å²) >= 11 is 3.62. The Bertz CT molecular complexity index is 487. The number of hydrogen-bond donors (Lipinski definition) is 1. The van der Waals surface area contributed by atoms with E-state index >= 15 is 0 Å². The molecule has 110 valence electrons. The third kappa shape index (κ3) is 2.23. The van der Waals surface area contributed by atoms with Gasteiger partial charge in [-0.2, -0.15) is 0 Å². The summed E-state index contributed by atoms with van der Waals surface area (Å²) in [5, 5.41) is 3.70. The largest absolute Gasteiger partial charge is 0.497 e. The minimum Gasteiger partial charge on any atom is -0.497 e. The van der Waals surface area contributed by atoms with Crippen LogP contribution >= 0.6 is 15.9 Å². The van der Waals surface area contributed by atoms with E-state index in [9.17, 15) is 0 Å². The molecule has 3 nitrogen and oxygen atoms in total. The molecule has 4 heteroatoms. The molecule has 2 aliphatic carbocycles. The van der Waals surface area contributed by atoms with E-state index in [2.05, 4.69) is 34.2 Å². The van der Waals surface area contributed by atoms with Crippen LogP contribution in [0, 0.1) is 5.41 Å². The summed E-state index contributed by atoms with van der Waals surface area (Å²) < 4.78 is 12.3. The summed E-state index contributed by atoms with van der Waals surface area (Å²) in [6.45, 7) is 2.91. The van der Waals surface area contributed by atoms with Gasteiger partial charge in [-0.15, -0.1) is 0 Å². The topological polar surface area (TPSA) is 30.5 Å². The monoisotopic (exact) mass is 339 g/mol. The van der Waals surface area contributed by atoms with Gasteiger partial charge in [0.2, 0.25) is 0 Å². The molecule has 2 aliphatic rings. The zero-order valence-electron chi connectivity index (χ0n) is 12.1. The Hall–Kier alpha value is -0.740. The van der Waals surface area contributed by atoms with Crippen molar-refractivity contribution in [2.24, 2.45) is 5.41 Å². The van der Waals surface area contributed by atoms with E-state index in [-0.39, 0.29) is 0 Å². The van der Waals surface area contributed by atoms with Crippen LogP contribution in [0.5, 0.6) is 5.75 Å². The standard InChI is InChI=1S/C16H22BrNO2/c1-3-20-15-10-14(16(15)7-4-8-16)18-13-9-11(19-2)5-6-12(13)17/h5-6,9,14-15,18H,3-4,7-8,10H2,1-2H3. The quantitative estimate of drug-likeness (QED) is 0.871. The summed E-state index contributed by atoms with van der Waals surface area (Å²) in [6, 6.07) is 6.59. The van der Waals surface area contributed by atoms with Gasteiger partial charge in [-0.05, 0) is 54.2 Å². The summed E-state index contributed by atoms with van der Waals surface area (Å²) in [7, 11) is 1.70. The van der Waals surface area contributed by atoms with Crippen LogP contribution in [0.25, 0.3) is 0 Å². The predicted octanol–water partition coefficient (Wildman–Crippen LogP) is 4.22. The Morgan fingerprint density at radius 1 is 1.40 bits per heavy atom. The summed E-state index contributed by atoms with van der Waals surface area (Å²) in [5.41, 5.74) is 1.49. The number of hydrogen-bond acceptors (Lipinski definition) is 3. The number of nitrogens with one attached hydrogen (secondary N) is 1.